The smallest absolute Gasteiger partial charge is 0.328 e. The van der Waals surface area contributed by atoms with Gasteiger partial charge in [-0.2, -0.15) is 0 Å². The highest BCUT2D eigenvalue weighted by atomic mass is 35.5. The number of carbonyl (C=O) groups excluding carboxylic acids is 3. The molecule has 10 heteroatoms. The maximum Gasteiger partial charge on any atom is 0.328 e. The number of halogens is 2. The first-order chi connectivity index (χ1) is 14.8. The Labute approximate surface area is 182 Å². The van der Waals surface area contributed by atoms with Crippen LogP contribution in [0.4, 0.5) is 14.9 Å². The molecule has 0 radical (unpaired) electrons. The van der Waals surface area contributed by atoms with Crippen molar-refractivity contribution < 1.29 is 28.2 Å². The molecule has 1 aliphatic heterocycles. The lowest BCUT2D eigenvalue weighted by Crippen LogP contribution is -2.25. The molecular formula is C21H19ClFN3O5. The van der Waals surface area contributed by atoms with Crippen LogP contribution < -0.4 is 20.1 Å². The molecule has 4 amide bonds. The fraction of sp³-hybridized carbons (Fsp3) is 0.190. The lowest BCUT2D eigenvalue weighted by Gasteiger charge is -2.14. The zero-order valence-corrected chi connectivity index (χ0v) is 17.5. The number of ether oxygens (including phenoxy) is 2. The molecule has 31 heavy (non-hydrogen) atoms. The standard InChI is InChI=1S/C21H19ClFN3O5/c1-3-30-17-10-12(9-16-20(28)26(2)21(29)25-16)8-15(22)19(17)31-11-18(27)24-14-6-4-13(23)5-7-14/h4-10H,3,11H2,1-2H3,(H,24,27)(H,25,29)/b16-9+. The fourth-order valence-electron chi connectivity index (χ4n) is 2.73. The second-order valence-electron chi connectivity index (χ2n) is 6.46. The lowest BCUT2D eigenvalue weighted by molar-refractivity contribution is -0.122. The number of benzene rings is 2. The molecule has 8 nitrogen and oxygen atoms in total. The molecule has 0 spiro atoms. The van der Waals surface area contributed by atoms with Crippen molar-refractivity contribution in [1.82, 2.24) is 10.2 Å². The van der Waals surface area contributed by atoms with Crippen LogP contribution in [-0.4, -0.2) is 43.0 Å². The van der Waals surface area contributed by atoms with E-state index in [2.05, 4.69) is 10.6 Å². The summed E-state index contributed by atoms with van der Waals surface area (Å²) in [5.41, 5.74) is 1.01. The number of imide groups is 1. The van der Waals surface area contributed by atoms with Gasteiger partial charge in [0.25, 0.3) is 11.8 Å². The maximum absolute atomic E-state index is 13.0. The highest BCUT2D eigenvalue weighted by Gasteiger charge is 2.30. The third kappa shape index (κ3) is 5.32. The summed E-state index contributed by atoms with van der Waals surface area (Å²) < 4.78 is 24.1. The number of hydrogen-bond donors (Lipinski definition) is 2. The van der Waals surface area contributed by atoms with Crippen molar-refractivity contribution in [3.05, 3.63) is 58.5 Å². The third-order valence-electron chi connectivity index (χ3n) is 4.20. The van der Waals surface area contributed by atoms with E-state index in [1.807, 2.05) is 0 Å². The number of likely N-dealkylation sites (N-methyl/N-ethyl adjacent to an activating group) is 1. The number of hydrogen-bond acceptors (Lipinski definition) is 5. The minimum atomic E-state index is -0.528. The summed E-state index contributed by atoms with van der Waals surface area (Å²) in [4.78, 5) is 36.7. The third-order valence-corrected chi connectivity index (χ3v) is 4.48. The van der Waals surface area contributed by atoms with Gasteiger partial charge in [0.1, 0.15) is 11.5 Å². The molecule has 1 heterocycles. The number of nitrogens with zero attached hydrogens (tertiary/aromatic N) is 1. The van der Waals surface area contributed by atoms with Crippen LogP contribution in [0.3, 0.4) is 0 Å². The first-order valence-corrected chi connectivity index (χ1v) is 9.61. The van der Waals surface area contributed by atoms with Gasteiger partial charge in [-0.15, -0.1) is 0 Å². The average molecular weight is 448 g/mol. The Morgan fingerprint density at radius 2 is 1.94 bits per heavy atom. The molecule has 1 saturated heterocycles. The first kappa shape index (κ1) is 22.1. The molecule has 162 valence electrons. The number of rotatable bonds is 7. The van der Waals surface area contributed by atoms with Crippen LogP contribution in [0.1, 0.15) is 12.5 Å². The van der Waals surface area contributed by atoms with E-state index < -0.39 is 23.7 Å². The molecule has 0 bridgehead atoms. The van der Waals surface area contributed by atoms with Gasteiger partial charge in [-0.1, -0.05) is 11.6 Å². The Morgan fingerprint density at radius 3 is 2.55 bits per heavy atom. The van der Waals surface area contributed by atoms with Gasteiger partial charge in [0.15, 0.2) is 18.1 Å². The number of carbonyl (C=O) groups is 3. The Morgan fingerprint density at radius 1 is 1.23 bits per heavy atom. The number of amides is 4. The summed E-state index contributed by atoms with van der Waals surface area (Å²) in [7, 11) is 1.37. The molecule has 1 fully saturated rings. The van der Waals surface area contributed by atoms with Crippen molar-refractivity contribution in [3.8, 4) is 11.5 Å². The van der Waals surface area contributed by atoms with E-state index in [1.165, 1.54) is 43.5 Å². The van der Waals surface area contributed by atoms with E-state index in [0.29, 0.717) is 17.9 Å². The quantitative estimate of drug-likeness (QED) is 0.500. The Hall–Kier alpha value is -3.59. The normalized spacial score (nSPS) is 14.6. The molecule has 3 rings (SSSR count). The maximum atomic E-state index is 13.0. The van der Waals surface area contributed by atoms with Crippen LogP contribution >= 0.6 is 11.6 Å². The van der Waals surface area contributed by atoms with Gasteiger partial charge < -0.3 is 20.1 Å². The van der Waals surface area contributed by atoms with Gasteiger partial charge in [-0.25, -0.2) is 9.18 Å². The highest BCUT2D eigenvalue weighted by molar-refractivity contribution is 6.32. The largest absolute Gasteiger partial charge is 0.490 e. The van der Waals surface area contributed by atoms with Crippen molar-refractivity contribution in [1.29, 1.82) is 0 Å². The number of nitrogens with one attached hydrogen (secondary N) is 2. The monoisotopic (exact) mass is 447 g/mol. The average Bonchev–Trinajstić information content (AvgIpc) is 2.96. The van der Waals surface area contributed by atoms with E-state index in [4.69, 9.17) is 21.1 Å². The summed E-state index contributed by atoms with van der Waals surface area (Å²) in [6, 6.07) is 7.87. The predicted octanol–water partition coefficient (Wildman–Crippen LogP) is 3.42. The summed E-state index contributed by atoms with van der Waals surface area (Å²) in [6.07, 6.45) is 1.46. The fourth-order valence-corrected chi connectivity index (χ4v) is 3.01. The van der Waals surface area contributed by atoms with Crippen molar-refractivity contribution in [2.24, 2.45) is 0 Å². The molecule has 0 saturated carbocycles. The summed E-state index contributed by atoms with van der Waals surface area (Å²) >= 11 is 6.32. The topological polar surface area (TPSA) is 97.0 Å². The molecule has 2 aromatic carbocycles. The zero-order valence-electron chi connectivity index (χ0n) is 16.7. The van der Waals surface area contributed by atoms with Gasteiger partial charge in [0.05, 0.1) is 11.6 Å². The molecule has 1 aliphatic rings. The second-order valence-corrected chi connectivity index (χ2v) is 6.87. The van der Waals surface area contributed by atoms with E-state index >= 15 is 0 Å². The molecule has 0 atom stereocenters. The summed E-state index contributed by atoms with van der Waals surface area (Å²) in [5.74, 6) is -0.946. The van der Waals surface area contributed by atoms with Gasteiger partial charge in [-0.05, 0) is 55.0 Å². The summed E-state index contributed by atoms with van der Waals surface area (Å²) in [5, 5.41) is 5.19. The lowest BCUT2D eigenvalue weighted by atomic mass is 10.1. The van der Waals surface area contributed by atoms with Crippen molar-refractivity contribution in [3.63, 3.8) is 0 Å². The van der Waals surface area contributed by atoms with Crippen LogP contribution in [0, 0.1) is 5.82 Å². The van der Waals surface area contributed by atoms with E-state index in [0.717, 1.165) is 4.90 Å². The van der Waals surface area contributed by atoms with Crippen molar-refractivity contribution in [2.75, 3.05) is 25.6 Å². The summed E-state index contributed by atoms with van der Waals surface area (Å²) in [6.45, 7) is 1.70. The number of anilines is 1. The molecule has 2 N–H and O–H groups in total. The molecule has 0 aromatic heterocycles. The molecule has 0 aliphatic carbocycles. The number of urea groups is 1. The van der Waals surface area contributed by atoms with Crippen LogP contribution in [-0.2, 0) is 9.59 Å². The predicted molar refractivity (Wildman–Crippen MR) is 112 cm³/mol. The minimum Gasteiger partial charge on any atom is -0.490 e. The van der Waals surface area contributed by atoms with Gasteiger partial charge in [-0.3, -0.25) is 14.5 Å². The van der Waals surface area contributed by atoms with E-state index in [1.54, 1.807) is 13.0 Å². The molecular weight excluding hydrogens is 429 g/mol. The SMILES string of the molecule is CCOc1cc(/C=C2/NC(=O)N(C)C2=O)cc(Cl)c1OCC(=O)Nc1ccc(F)cc1. The van der Waals surface area contributed by atoms with E-state index in [-0.39, 0.29) is 28.8 Å². The Balaban J connectivity index is 1.76. The van der Waals surface area contributed by atoms with Gasteiger partial charge in [0.2, 0.25) is 0 Å². The van der Waals surface area contributed by atoms with Gasteiger partial charge in [0, 0.05) is 12.7 Å². The van der Waals surface area contributed by atoms with Crippen LogP contribution in [0.5, 0.6) is 11.5 Å². The van der Waals surface area contributed by atoms with Gasteiger partial charge >= 0.3 is 6.03 Å². The van der Waals surface area contributed by atoms with Crippen LogP contribution in [0.2, 0.25) is 5.02 Å². The Bertz CT molecular complexity index is 1060. The molecule has 2 aromatic rings. The zero-order chi connectivity index (χ0) is 22.5. The first-order valence-electron chi connectivity index (χ1n) is 9.23. The van der Waals surface area contributed by atoms with Crippen molar-refractivity contribution >= 4 is 41.2 Å². The minimum absolute atomic E-state index is 0.0957. The second kappa shape index (κ2) is 9.48. The van der Waals surface area contributed by atoms with Crippen molar-refractivity contribution in [2.45, 2.75) is 6.92 Å². The Kier molecular flexibility index (Phi) is 6.76. The van der Waals surface area contributed by atoms with Crippen LogP contribution in [0.15, 0.2) is 42.1 Å². The van der Waals surface area contributed by atoms with Crippen LogP contribution in [0.25, 0.3) is 6.08 Å². The molecule has 0 unspecified atom stereocenters. The van der Waals surface area contributed by atoms with E-state index in [9.17, 15) is 18.8 Å². The highest BCUT2D eigenvalue weighted by Crippen LogP contribution is 2.37.